The van der Waals surface area contributed by atoms with Gasteiger partial charge in [0.1, 0.15) is 0 Å². The third-order valence-corrected chi connectivity index (χ3v) is 2.61. The molecule has 1 aliphatic rings. The third-order valence-electron chi connectivity index (χ3n) is 2.61. The Kier molecular flexibility index (Phi) is 2.00. The second-order valence-corrected chi connectivity index (χ2v) is 3.34. The van der Waals surface area contributed by atoms with Crippen molar-refractivity contribution >= 4 is 0 Å². The molecule has 4 heteroatoms. The van der Waals surface area contributed by atoms with Crippen molar-refractivity contribution < 1.29 is 4.74 Å². The van der Waals surface area contributed by atoms with Gasteiger partial charge in [-0.2, -0.15) is 0 Å². The van der Waals surface area contributed by atoms with Gasteiger partial charge in [0.05, 0.1) is 18.4 Å². The lowest BCUT2D eigenvalue weighted by atomic mass is 10.1. The van der Waals surface area contributed by atoms with E-state index >= 15 is 0 Å². The van der Waals surface area contributed by atoms with E-state index in [-0.39, 0.29) is 0 Å². The van der Waals surface area contributed by atoms with E-state index in [9.17, 15) is 0 Å². The van der Waals surface area contributed by atoms with Crippen LogP contribution in [-0.4, -0.2) is 16.9 Å². The standard InChI is InChI=1S/C9H15N3O/c1-4-7-8-6(5-10-7)9(13-3)11-12(8)2/h7,10H,4-5H2,1-3H3. The average Bonchev–Trinajstić information content (AvgIpc) is 2.67. The SMILES string of the molecule is CCC1NCc2c(OC)nn(C)c21. The number of rotatable bonds is 2. The van der Waals surface area contributed by atoms with Crippen molar-refractivity contribution in [3.63, 3.8) is 0 Å². The van der Waals surface area contributed by atoms with Crippen molar-refractivity contribution in [3.05, 3.63) is 11.3 Å². The van der Waals surface area contributed by atoms with Gasteiger partial charge in [-0.25, -0.2) is 0 Å². The van der Waals surface area contributed by atoms with Gasteiger partial charge in [0.25, 0.3) is 0 Å². The Morgan fingerprint density at radius 2 is 2.46 bits per heavy atom. The molecule has 1 atom stereocenters. The number of nitrogens with one attached hydrogen (secondary N) is 1. The van der Waals surface area contributed by atoms with Crippen molar-refractivity contribution in [1.82, 2.24) is 15.1 Å². The van der Waals surface area contributed by atoms with E-state index in [2.05, 4.69) is 17.3 Å². The van der Waals surface area contributed by atoms with Gasteiger partial charge in [-0.1, -0.05) is 6.92 Å². The fraction of sp³-hybridized carbons (Fsp3) is 0.667. The molecule has 1 unspecified atom stereocenters. The van der Waals surface area contributed by atoms with Gasteiger partial charge < -0.3 is 10.1 Å². The lowest BCUT2D eigenvalue weighted by molar-refractivity contribution is 0.383. The molecule has 0 bridgehead atoms. The van der Waals surface area contributed by atoms with E-state index in [0.717, 1.165) is 18.8 Å². The topological polar surface area (TPSA) is 39.1 Å². The smallest absolute Gasteiger partial charge is 0.237 e. The summed E-state index contributed by atoms with van der Waals surface area (Å²) >= 11 is 0. The number of aryl methyl sites for hydroxylation is 1. The molecule has 2 rings (SSSR count). The van der Waals surface area contributed by atoms with Crippen LogP contribution in [0.5, 0.6) is 5.88 Å². The molecule has 1 aromatic heterocycles. The first-order chi connectivity index (χ1) is 6.27. The summed E-state index contributed by atoms with van der Waals surface area (Å²) in [4.78, 5) is 0. The number of aromatic nitrogens is 2. The van der Waals surface area contributed by atoms with Crippen LogP contribution in [0.15, 0.2) is 0 Å². The van der Waals surface area contributed by atoms with Crippen LogP contribution in [0.3, 0.4) is 0 Å². The molecule has 13 heavy (non-hydrogen) atoms. The third kappa shape index (κ3) is 1.13. The highest BCUT2D eigenvalue weighted by molar-refractivity contribution is 5.36. The van der Waals surface area contributed by atoms with E-state index in [1.807, 2.05) is 11.7 Å². The van der Waals surface area contributed by atoms with Crippen LogP contribution in [0.4, 0.5) is 0 Å². The summed E-state index contributed by atoms with van der Waals surface area (Å²) < 4.78 is 7.12. The summed E-state index contributed by atoms with van der Waals surface area (Å²) in [7, 11) is 3.64. The highest BCUT2D eigenvalue weighted by Crippen LogP contribution is 2.32. The fourth-order valence-electron chi connectivity index (χ4n) is 1.98. The summed E-state index contributed by atoms with van der Waals surface area (Å²) in [6.45, 7) is 3.05. The summed E-state index contributed by atoms with van der Waals surface area (Å²) in [5.41, 5.74) is 2.50. The second-order valence-electron chi connectivity index (χ2n) is 3.34. The van der Waals surface area contributed by atoms with E-state index in [4.69, 9.17) is 4.74 Å². The lowest BCUT2D eigenvalue weighted by Gasteiger charge is -2.08. The number of fused-ring (bicyclic) bond motifs is 1. The van der Waals surface area contributed by atoms with Crippen molar-refractivity contribution in [1.29, 1.82) is 0 Å². The van der Waals surface area contributed by atoms with Gasteiger partial charge in [-0.15, -0.1) is 5.10 Å². The second kappa shape index (κ2) is 3.03. The Hall–Kier alpha value is -1.03. The average molecular weight is 181 g/mol. The van der Waals surface area contributed by atoms with Crippen LogP contribution in [0, 0.1) is 0 Å². The van der Waals surface area contributed by atoms with Crippen LogP contribution in [0.25, 0.3) is 0 Å². The molecule has 0 aliphatic carbocycles. The van der Waals surface area contributed by atoms with Crippen LogP contribution in [0.2, 0.25) is 0 Å². The van der Waals surface area contributed by atoms with Gasteiger partial charge in [0.15, 0.2) is 0 Å². The molecule has 0 fully saturated rings. The van der Waals surface area contributed by atoms with Gasteiger partial charge in [-0.05, 0) is 6.42 Å². The van der Waals surface area contributed by atoms with E-state index in [1.165, 1.54) is 11.3 Å². The Morgan fingerprint density at radius 1 is 1.69 bits per heavy atom. The molecule has 1 N–H and O–H groups in total. The minimum absolute atomic E-state index is 0.441. The highest BCUT2D eigenvalue weighted by atomic mass is 16.5. The first kappa shape index (κ1) is 8.56. The molecule has 1 aliphatic heterocycles. The summed E-state index contributed by atoms with van der Waals surface area (Å²) in [6, 6.07) is 0.441. The number of ether oxygens (including phenoxy) is 1. The van der Waals surface area contributed by atoms with E-state index in [0.29, 0.717) is 6.04 Å². The van der Waals surface area contributed by atoms with Crippen LogP contribution in [-0.2, 0) is 13.6 Å². The molecule has 0 spiro atoms. The first-order valence-corrected chi connectivity index (χ1v) is 4.61. The largest absolute Gasteiger partial charge is 0.480 e. The van der Waals surface area contributed by atoms with Crippen LogP contribution < -0.4 is 10.1 Å². The van der Waals surface area contributed by atoms with Gasteiger partial charge in [0.2, 0.25) is 5.88 Å². The number of nitrogens with zero attached hydrogens (tertiary/aromatic N) is 2. The molecule has 0 aromatic carbocycles. The van der Waals surface area contributed by atoms with Gasteiger partial charge in [0, 0.05) is 19.6 Å². The number of methoxy groups -OCH3 is 1. The number of hydrogen-bond acceptors (Lipinski definition) is 3. The fourth-order valence-corrected chi connectivity index (χ4v) is 1.98. The van der Waals surface area contributed by atoms with E-state index in [1.54, 1.807) is 7.11 Å². The normalized spacial score (nSPS) is 20.4. The maximum absolute atomic E-state index is 5.20. The van der Waals surface area contributed by atoms with Crippen LogP contribution >= 0.6 is 0 Å². The lowest BCUT2D eigenvalue weighted by Crippen LogP contribution is -2.14. The molecule has 0 radical (unpaired) electrons. The molecular formula is C9H15N3O. The van der Waals surface area contributed by atoms with Gasteiger partial charge >= 0.3 is 0 Å². The summed E-state index contributed by atoms with van der Waals surface area (Å²) in [5, 5.41) is 7.73. The first-order valence-electron chi connectivity index (χ1n) is 4.61. The summed E-state index contributed by atoms with van der Waals surface area (Å²) in [5.74, 6) is 0.765. The Labute approximate surface area is 77.9 Å². The Bertz CT molecular complexity index is 319. The maximum Gasteiger partial charge on any atom is 0.237 e. The Balaban J connectivity index is 2.45. The molecule has 1 aromatic rings. The zero-order valence-corrected chi connectivity index (χ0v) is 8.29. The minimum Gasteiger partial charge on any atom is -0.480 e. The van der Waals surface area contributed by atoms with Crippen molar-refractivity contribution in [3.8, 4) is 5.88 Å². The molecule has 0 amide bonds. The summed E-state index contributed by atoms with van der Waals surface area (Å²) in [6.07, 6.45) is 1.09. The van der Waals surface area contributed by atoms with Crippen LogP contribution in [0.1, 0.15) is 30.6 Å². The van der Waals surface area contributed by atoms with Crippen molar-refractivity contribution in [2.24, 2.45) is 7.05 Å². The molecule has 72 valence electrons. The predicted molar refractivity (Wildman–Crippen MR) is 49.6 cm³/mol. The zero-order chi connectivity index (χ0) is 9.42. The molecule has 2 heterocycles. The molecule has 0 saturated carbocycles. The highest BCUT2D eigenvalue weighted by Gasteiger charge is 2.28. The van der Waals surface area contributed by atoms with Crippen molar-refractivity contribution in [2.75, 3.05) is 7.11 Å². The monoisotopic (exact) mass is 181 g/mol. The quantitative estimate of drug-likeness (QED) is 0.739. The molecule has 4 nitrogen and oxygen atoms in total. The predicted octanol–water partition coefficient (Wildman–Crippen LogP) is 0.983. The van der Waals surface area contributed by atoms with Gasteiger partial charge in [-0.3, -0.25) is 4.68 Å². The molecule has 0 saturated heterocycles. The number of hydrogen-bond donors (Lipinski definition) is 1. The maximum atomic E-state index is 5.20. The van der Waals surface area contributed by atoms with Crippen molar-refractivity contribution in [2.45, 2.75) is 25.9 Å². The Morgan fingerprint density at radius 3 is 3.08 bits per heavy atom. The molecular weight excluding hydrogens is 166 g/mol. The zero-order valence-electron chi connectivity index (χ0n) is 8.29. The van der Waals surface area contributed by atoms with E-state index < -0.39 is 0 Å². The minimum atomic E-state index is 0.441.